The minimum atomic E-state index is -0.844. The summed E-state index contributed by atoms with van der Waals surface area (Å²) in [6.07, 6.45) is 1.59. The number of carboxylic acids is 1. The first-order valence-corrected chi connectivity index (χ1v) is 6.42. The summed E-state index contributed by atoms with van der Waals surface area (Å²) in [6, 6.07) is 3.37. The van der Waals surface area contributed by atoms with Crippen molar-refractivity contribution in [2.45, 2.75) is 6.92 Å². The molecule has 1 saturated heterocycles. The van der Waals surface area contributed by atoms with E-state index in [4.69, 9.17) is 5.11 Å². The fourth-order valence-electron chi connectivity index (χ4n) is 2.17. The summed E-state index contributed by atoms with van der Waals surface area (Å²) in [6.45, 7) is 2.58. The highest BCUT2D eigenvalue weighted by atomic mass is 79.9. The Hall–Kier alpha value is -1.43. The van der Waals surface area contributed by atoms with Crippen molar-refractivity contribution in [1.29, 1.82) is 0 Å². The third kappa shape index (κ3) is 2.38. The van der Waals surface area contributed by atoms with Gasteiger partial charge in [-0.3, -0.25) is 9.59 Å². The van der Waals surface area contributed by atoms with Crippen molar-refractivity contribution in [3.05, 3.63) is 28.5 Å². The van der Waals surface area contributed by atoms with Gasteiger partial charge in [0.2, 0.25) is 0 Å². The quantitative estimate of drug-likeness (QED) is 0.843. The van der Waals surface area contributed by atoms with Gasteiger partial charge < -0.3 is 10.0 Å². The molecule has 96 valence electrons. The van der Waals surface area contributed by atoms with Crippen LogP contribution in [0, 0.1) is 11.8 Å². The van der Waals surface area contributed by atoms with Gasteiger partial charge >= 0.3 is 5.97 Å². The number of likely N-dealkylation sites (tertiary alicyclic amines) is 1. The molecule has 1 aromatic rings. The zero-order valence-corrected chi connectivity index (χ0v) is 11.4. The number of pyridine rings is 1. The highest BCUT2D eigenvalue weighted by Crippen LogP contribution is 2.26. The molecule has 5 nitrogen and oxygen atoms in total. The summed E-state index contributed by atoms with van der Waals surface area (Å²) in [5, 5.41) is 9.05. The maximum atomic E-state index is 12.2. The molecule has 0 spiro atoms. The Kier molecular flexibility index (Phi) is 3.65. The lowest BCUT2D eigenvalue weighted by atomic mass is 9.99. The zero-order chi connectivity index (χ0) is 13.3. The minimum Gasteiger partial charge on any atom is -0.481 e. The van der Waals surface area contributed by atoms with Crippen LogP contribution in [0.5, 0.6) is 0 Å². The van der Waals surface area contributed by atoms with Crippen molar-refractivity contribution in [1.82, 2.24) is 9.88 Å². The molecule has 1 aromatic heterocycles. The number of amides is 1. The molecule has 1 aliphatic rings. The molecule has 1 fully saturated rings. The smallest absolute Gasteiger partial charge is 0.308 e. The predicted molar refractivity (Wildman–Crippen MR) is 68.1 cm³/mol. The van der Waals surface area contributed by atoms with Gasteiger partial charge in [0.25, 0.3) is 5.91 Å². The van der Waals surface area contributed by atoms with Crippen LogP contribution in [0.1, 0.15) is 17.3 Å². The van der Waals surface area contributed by atoms with E-state index in [0.29, 0.717) is 16.7 Å². The fraction of sp³-hybridized carbons (Fsp3) is 0.417. The van der Waals surface area contributed by atoms with E-state index in [9.17, 15) is 9.59 Å². The maximum absolute atomic E-state index is 12.2. The second-order valence-electron chi connectivity index (χ2n) is 4.47. The van der Waals surface area contributed by atoms with Crippen molar-refractivity contribution >= 4 is 27.8 Å². The van der Waals surface area contributed by atoms with E-state index in [-0.39, 0.29) is 18.4 Å². The first-order valence-electron chi connectivity index (χ1n) is 5.63. The van der Waals surface area contributed by atoms with E-state index < -0.39 is 11.9 Å². The predicted octanol–water partition coefficient (Wildman–Crippen LogP) is 1.64. The molecule has 18 heavy (non-hydrogen) atoms. The molecule has 0 aliphatic carbocycles. The zero-order valence-electron chi connectivity index (χ0n) is 9.84. The molecule has 6 heteroatoms. The second kappa shape index (κ2) is 5.06. The topological polar surface area (TPSA) is 70.5 Å². The highest BCUT2D eigenvalue weighted by Gasteiger charge is 2.37. The van der Waals surface area contributed by atoms with Gasteiger partial charge in [-0.2, -0.15) is 0 Å². The number of nitrogens with zero attached hydrogens (tertiary/aromatic N) is 2. The van der Waals surface area contributed by atoms with Crippen LogP contribution in [0.2, 0.25) is 0 Å². The standard InChI is InChI=1S/C12H13BrN2O3/c1-7-5-15(6-9(7)12(17)18)11(16)8-3-2-4-14-10(8)13/h2-4,7,9H,5-6H2,1H3,(H,17,18). The molecule has 0 aromatic carbocycles. The summed E-state index contributed by atoms with van der Waals surface area (Å²) in [5.74, 6) is -1.53. The highest BCUT2D eigenvalue weighted by molar-refractivity contribution is 9.10. The number of aromatic nitrogens is 1. The molecular weight excluding hydrogens is 300 g/mol. The molecule has 1 amide bonds. The molecule has 0 bridgehead atoms. The van der Waals surface area contributed by atoms with E-state index >= 15 is 0 Å². The van der Waals surface area contributed by atoms with E-state index in [1.54, 1.807) is 23.2 Å². The molecule has 2 unspecified atom stereocenters. The van der Waals surface area contributed by atoms with E-state index in [1.807, 2.05) is 6.92 Å². The Balaban J connectivity index is 2.17. The molecular formula is C12H13BrN2O3. The Morgan fingerprint density at radius 2 is 2.22 bits per heavy atom. The number of carbonyl (C=O) groups excluding carboxylic acids is 1. The third-order valence-corrected chi connectivity index (χ3v) is 3.84. The first kappa shape index (κ1) is 13.0. The van der Waals surface area contributed by atoms with Crippen LogP contribution in [-0.2, 0) is 4.79 Å². The Labute approximate surface area is 113 Å². The van der Waals surface area contributed by atoms with Crippen LogP contribution in [0.15, 0.2) is 22.9 Å². The normalized spacial score (nSPS) is 23.1. The number of carbonyl (C=O) groups is 2. The van der Waals surface area contributed by atoms with E-state index in [1.165, 1.54) is 0 Å². The molecule has 0 saturated carbocycles. The molecule has 1 N–H and O–H groups in total. The van der Waals surface area contributed by atoms with Crippen molar-refractivity contribution in [3.63, 3.8) is 0 Å². The molecule has 2 rings (SSSR count). The first-order chi connectivity index (χ1) is 8.50. The largest absolute Gasteiger partial charge is 0.481 e. The number of halogens is 1. The van der Waals surface area contributed by atoms with Crippen LogP contribution >= 0.6 is 15.9 Å². The molecule has 0 radical (unpaired) electrons. The van der Waals surface area contributed by atoms with Crippen LogP contribution < -0.4 is 0 Å². The van der Waals surface area contributed by atoms with Gasteiger partial charge in [-0.05, 0) is 34.0 Å². The fourth-order valence-corrected chi connectivity index (χ4v) is 2.59. The minimum absolute atomic E-state index is 0.0260. The van der Waals surface area contributed by atoms with Gasteiger partial charge in [-0.25, -0.2) is 4.98 Å². The van der Waals surface area contributed by atoms with Crippen molar-refractivity contribution in [2.75, 3.05) is 13.1 Å². The lowest BCUT2D eigenvalue weighted by Crippen LogP contribution is -2.30. The summed E-state index contributed by atoms with van der Waals surface area (Å²) in [4.78, 5) is 28.8. The Bertz CT molecular complexity index is 492. The number of hydrogen-bond acceptors (Lipinski definition) is 3. The Morgan fingerprint density at radius 1 is 1.50 bits per heavy atom. The third-order valence-electron chi connectivity index (χ3n) is 3.21. The van der Waals surface area contributed by atoms with Gasteiger partial charge in [0.1, 0.15) is 4.60 Å². The molecule has 2 heterocycles. The molecule has 1 aliphatic heterocycles. The van der Waals surface area contributed by atoms with Gasteiger partial charge in [0, 0.05) is 19.3 Å². The SMILES string of the molecule is CC1CN(C(=O)c2cccnc2Br)CC1C(=O)O. The molecule has 2 atom stereocenters. The average molecular weight is 313 g/mol. The second-order valence-corrected chi connectivity index (χ2v) is 5.23. The number of rotatable bonds is 2. The van der Waals surface area contributed by atoms with Gasteiger partial charge in [0.15, 0.2) is 0 Å². The van der Waals surface area contributed by atoms with Crippen LogP contribution in [-0.4, -0.2) is 40.0 Å². The van der Waals surface area contributed by atoms with Crippen LogP contribution in [0.25, 0.3) is 0 Å². The summed E-state index contributed by atoms with van der Waals surface area (Å²) in [7, 11) is 0. The van der Waals surface area contributed by atoms with Crippen molar-refractivity contribution in [3.8, 4) is 0 Å². The summed E-state index contributed by atoms with van der Waals surface area (Å²) >= 11 is 3.23. The lowest BCUT2D eigenvalue weighted by Gasteiger charge is -2.16. The average Bonchev–Trinajstić information content (AvgIpc) is 2.71. The summed E-state index contributed by atoms with van der Waals surface area (Å²) in [5.41, 5.74) is 0.468. The van der Waals surface area contributed by atoms with E-state index in [0.717, 1.165) is 0 Å². The van der Waals surface area contributed by atoms with E-state index in [2.05, 4.69) is 20.9 Å². The lowest BCUT2D eigenvalue weighted by molar-refractivity contribution is -0.142. The maximum Gasteiger partial charge on any atom is 0.308 e. The van der Waals surface area contributed by atoms with Gasteiger partial charge in [-0.15, -0.1) is 0 Å². The van der Waals surface area contributed by atoms with Crippen LogP contribution in [0.3, 0.4) is 0 Å². The Morgan fingerprint density at radius 3 is 2.78 bits per heavy atom. The van der Waals surface area contributed by atoms with Gasteiger partial charge in [-0.1, -0.05) is 6.92 Å². The number of carboxylic acid groups (broad SMARTS) is 1. The van der Waals surface area contributed by atoms with Gasteiger partial charge in [0.05, 0.1) is 11.5 Å². The van der Waals surface area contributed by atoms with Crippen molar-refractivity contribution in [2.24, 2.45) is 11.8 Å². The van der Waals surface area contributed by atoms with Crippen molar-refractivity contribution < 1.29 is 14.7 Å². The number of hydrogen-bond donors (Lipinski definition) is 1. The number of aliphatic carboxylic acids is 1. The monoisotopic (exact) mass is 312 g/mol. The van der Waals surface area contributed by atoms with Crippen LogP contribution in [0.4, 0.5) is 0 Å². The summed E-state index contributed by atoms with van der Waals surface area (Å²) < 4.78 is 0.487.